The summed E-state index contributed by atoms with van der Waals surface area (Å²) >= 11 is 5.26. The molecule has 0 N–H and O–H groups in total. The van der Waals surface area contributed by atoms with Crippen molar-refractivity contribution in [3.05, 3.63) is 41.0 Å². The molecule has 0 radical (unpaired) electrons. The van der Waals surface area contributed by atoms with Crippen molar-refractivity contribution in [2.45, 2.75) is 6.92 Å². The van der Waals surface area contributed by atoms with E-state index >= 15 is 0 Å². The Kier molecular flexibility index (Phi) is 3.97. The third kappa shape index (κ3) is 3.13. The summed E-state index contributed by atoms with van der Waals surface area (Å²) in [5, 5.41) is 0. The first-order chi connectivity index (χ1) is 7.04. The number of hydrogen-bond acceptors (Lipinski definition) is 1. The van der Waals surface area contributed by atoms with Gasteiger partial charge in [-0.3, -0.25) is 4.79 Å². The zero-order chi connectivity index (χ0) is 11.4. The Morgan fingerprint density at radius 1 is 1.40 bits per heavy atom. The predicted octanol–water partition coefficient (Wildman–Crippen LogP) is 3.09. The first-order valence-electron chi connectivity index (χ1n) is 4.27. The highest BCUT2D eigenvalue weighted by atomic mass is 35.5. The second-order valence-electron chi connectivity index (χ2n) is 3.06. The second-order valence-corrected chi connectivity index (χ2v) is 3.32. The summed E-state index contributed by atoms with van der Waals surface area (Å²) in [4.78, 5) is 10.8. The van der Waals surface area contributed by atoms with Crippen molar-refractivity contribution >= 4 is 23.5 Å². The maximum atomic E-state index is 13.1. The van der Waals surface area contributed by atoms with E-state index in [-0.39, 0.29) is 17.2 Å². The van der Waals surface area contributed by atoms with Crippen LogP contribution in [0.1, 0.15) is 11.1 Å². The highest BCUT2D eigenvalue weighted by Gasteiger charge is 2.04. The van der Waals surface area contributed by atoms with Crippen molar-refractivity contribution in [2.75, 3.05) is 5.88 Å². The fraction of sp³-hybridized carbons (Fsp3) is 0.182. The summed E-state index contributed by atoms with van der Waals surface area (Å²) in [6.45, 7) is 1.52. The third-order valence-electron chi connectivity index (χ3n) is 1.86. The Hall–Kier alpha value is -1.22. The van der Waals surface area contributed by atoms with Crippen LogP contribution in [0.2, 0.25) is 0 Å². The second kappa shape index (κ2) is 5.03. The van der Waals surface area contributed by atoms with Crippen molar-refractivity contribution in [2.24, 2.45) is 0 Å². The van der Waals surface area contributed by atoms with Crippen LogP contribution in [0.25, 0.3) is 6.08 Å². The van der Waals surface area contributed by atoms with Gasteiger partial charge in [0, 0.05) is 11.6 Å². The van der Waals surface area contributed by atoms with E-state index in [1.807, 2.05) is 0 Å². The smallest absolute Gasteiger partial charge is 0.170 e. The zero-order valence-corrected chi connectivity index (χ0v) is 8.81. The number of aryl methyl sites for hydroxylation is 1. The number of halogens is 3. The summed E-state index contributed by atoms with van der Waals surface area (Å²) in [6.07, 6.45) is 2.45. The average Bonchev–Trinajstić information content (AvgIpc) is 2.21. The molecule has 1 rings (SSSR count). The van der Waals surface area contributed by atoms with Gasteiger partial charge in [-0.25, -0.2) is 8.78 Å². The van der Waals surface area contributed by atoms with Crippen LogP contribution < -0.4 is 0 Å². The highest BCUT2D eigenvalue weighted by Crippen LogP contribution is 2.15. The Morgan fingerprint density at radius 2 is 2.07 bits per heavy atom. The van der Waals surface area contributed by atoms with E-state index in [4.69, 9.17) is 11.6 Å². The largest absolute Gasteiger partial charge is 0.294 e. The van der Waals surface area contributed by atoms with Gasteiger partial charge in [0.15, 0.2) is 5.78 Å². The van der Waals surface area contributed by atoms with Gasteiger partial charge in [0.1, 0.15) is 11.6 Å². The van der Waals surface area contributed by atoms with Crippen molar-refractivity contribution in [3.63, 3.8) is 0 Å². The molecule has 1 nitrogen and oxygen atoms in total. The standard InChI is InChI=1S/C11H9ClF2O/c1-7-4-8(2-3-9(15)6-12)11(14)5-10(7)13/h2-5H,6H2,1H3. The van der Waals surface area contributed by atoms with Crippen LogP contribution in [0.3, 0.4) is 0 Å². The van der Waals surface area contributed by atoms with Crippen molar-refractivity contribution < 1.29 is 13.6 Å². The fourth-order valence-corrected chi connectivity index (χ4v) is 1.12. The van der Waals surface area contributed by atoms with Gasteiger partial charge in [0.2, 0.25) is 0 Å². The van der Waals surface area contributed by atoms with Gasteiger partial charge in [-0.05, 0) is 30.7 Å². The number of allylic oxidation sites excluding steroid dienone is 1. The Bertz CT molecular complexity index is 413. The number of hydrogen-bond donors (Lipinski definition) is 0. The number of alkyl halides is 1. The fourth-order valence-electron chi connectivity index (χ4n) is 1.03. The number of benzene rings is 1. The molecule has 0 aliphatic carbocycles. The molecule has 0 heterocycles. The van der Waals surface area contributed by atoms with Gasteiger partial charge in [-0.15, -0.1) is 11.6 Å². The van der Waals surface area contributed by atoms with Crippen LogP contribution in [0.5, 0.6) is 0 Å². The van der Waals surface area contributed by atoms with Gasteiger partial charge < -0.3 is 0 Å². The molecule has 0 atom stereocenters. The average molecular weight is 231 g/mol. The lowest BCUT2D eigenvalue weighted by atomic mass is 10.1. The molecule has 80 valence electrons. The lowest BCUT2D eigenvalue weighted by molar-refractivity contribution is -0.112. The van der Waals surface area contributed by atoms with Crippen LogP contribution in [0, 0.1) is 18.6 Å². The summed E-state index contributed by atoms with van der Waals surface area (Å²) in [6, 6.07) is 2.13. The molecule has 0 spiro atoms. The Morgan fingerprint density at radius 3 is 2.67 bits per heavy atom. The Balaban J connectivity index is 3.00. The van der Waals surface area contributed by atoms with E-state index in [0.717, 1.165) is 6.07 Å². The first kappa shape index (κ1) is 11.9. The van der Waals surface area contributed by atoms with Crippen molar-refractivity contribution in [3.8, 4) is 0 Å². The molecule has 0 aliphatic heterocycles. The summed E-state index contributed by atoms with van der Waals surface area (Å²) in [7, 11) is 0. The van der Waals surface area contributed by atoms with Gasteiger partial charge in [-0.1, -0.05) is 0 Å². The van der Waals surface area contributed by atoms with Crippen LogP contribution in [-0.4, -0.2) is 11.7 Å². The van der Waals surface area contributed by atoms with E-state index in [1.54, 1.807) is 0 Å². The summed E-state index contributed by atoms with van der Waals surface area (Å²) < 4.78 is 26.0. The number of rotatable bonds is 3. The van der Waals surface area contributed by atoms with Crippen LogP contribution in [0.15, 0.2) is 18.2 Å². The normalized spacial score (nSPS) is 10.9. The molecule has 0 fully saturated rings. The quantitative estimate of drug-likeness (QED) is 0.576. The number of carbonyl (C=O) groups is 1. The molecule has 0 saturated carbocycles. The van der Waals surface area contributed by atoms with E-state index < -0.39 is 11.6 Å². The predicted molar refractivity (Wildman–Crippen MR) is 55.9 cm³/mol. The third-order valence-corrected chi connectivity index (χ3v) is 2.12. The van der Waals surface area contributed by atoms with Crippen LogP contribution in [0.4, 0.5) is 8.78 Å². The maximum absolute atomic E-state index is 13.1. The summed E-state index contributed by atoms with van der Waals surface area (Å²) in [5.74, 6) is -1.78. The molecular formula is C11H9ClF2O. The molecule has 0 unspecified atom stereocenters. The van der Waals surface area contributed by atoms with E-state index in [1.165, 1.54) is 25.1 Å². The minimum atomic E-state index is -0.697. The minimum Gasteiger partial charge on any atom is -0.294 e. The maximum Gasteiger partial charge on any atom is 0.170 e. The van der Waals surface area contributed by atoms with Crippen molar-refractivity contribution in [1.29, 1.82) is 0 Å². The number of ketones is 1. The van der Waals surface area contributed by atoms with Gasteiger partial charge in [0.25, 0.3) is 0 Å². The topological polar surface area (TPSA) is 17.1 Å². The van der Waals surface area contributed by atoms with Crippen LogP contribution >= 0.6 is 11.6 Å². The number of carbonyl (C=O) groups excluding carboxylic acids is 1. The monoisotopic (exact) mass is 230 g/mol. The molecule has 15 heavy (non-hydrogen) atoms. The first-order valence-corrected chi connectivity index (χ1v) is 4.80. The SMILES string of the molecule is Cc1cc(C=CC(=O)CCl)c(F)cc1F. The molecule has 4 heteroatoms. The molecule has 1 aromatic carbocycles. The van der Waals surface area contributed by atoms with E-state index in [9.17, 15) is 13.6 Å². The molecule has 0 aromatic heterocycles. The summed E-state index contributed by atoms with van der Waals surface area (Å²) in [5.41, 5.74) is 0.502. The molecule has 0 amide bonds. The van der Waals surface area contributed by atoms with E-state index in [2.05, 4.69) is 0 Å². The van der Waals surface area contributed by atoms with Gasteiger partial charge >= 0.3 is 0 Å². The van der Waals surface area contributed by atoms with Crippen molar-refractivity contribution in [1.82, 2.24) is 0 Å². The highest BCUT2D eigenvalue weighted by molar-refractivity contribution is 6.29. The molecule has 0 saturated heterocycles. The Labute approximate surface area is 91.4 Å². The lowest BCUT2D eigenvalue weighted by Gasteiger charge is -2.00. The molecule has 0 bridgehead atoms. The van der Waals surface area contributed by atoms with Gasteiger partial charge in [-0.2, -0.15) is 0 Å². The molecule has 0 aliphatic rings. The molecular weight excluding hydrogens is 222 g/mol. The molecule has 1 aromatic rings. The van der Waals surface area contributed by atoms with Gasteiger partial charge in [0.05, 0.1) is 5.88 Å². The van der Waals surface area contributed by atoms with E-state index in [0.29, 0.717) is 5.56 Å². The lowest BCUT2D eigenvalue weighted by Crippen LogP contribution is -1.93. The zero-order valence-electron chi connectivity index (χ0n) is 8.06. The van der Waals surface area contributed by atoms with Crippen LogP contribution in [-0.2, 0) is 4.79 Å². The minimum absolute atomic E-state index is 0.154.